The Hall–Kier alpha value is -3.26. The molecule has 1 aliphatic heterocycles. The number of nitrogens with zero attached hydrogens (tertiary/aromatic N) is 3. The minimum atomic E-state index is -0.410. The van der Waals surface area contributed by atoms with Gasteiger partial charge in [0, 0.05) is 17.8 Å². The number of thiocarbonyl (C=S) groups is 1. The van der Waals surface area contributed by atoms with Crippen molar-refractivity contribution in [2.75, 3.05) is 13.7 Å². The van der Waals surface area contributed by atoms with E-state index in [-0.39, 0.29) is 5.82 Å². The van der Waals surface area contributed by atoms with E-state index in [4.69, 9.17) is 21.5 Å². The number of hydrogen-bond acceptors (Lipinski definition) is 5. The summed E-state index contributed by atoms with van der Waals surface area (Å²) in [5.41, 5.74) is 3.24. The van der Waals surface area contributed by atoms with Crippen molar-refractivity contribution in [2.24, 2.45) is 5.92 Å². The largest absolute Gasteiger partial charge is 0.497 e. The van der Waals surface area contributed by atoms with Gasteiger partial charge < -0.3 is 19.5 Å². The highest BCUT2D eigenvalue weighted by molar-refractivity contribution is 7.80. The van der Waals surface area contributed by atoms with E-state index < -0.39 is 6.04 Å². The number of benzene rings is 2. The predicted octanol–water partition coefficient (Wildman–Crippen LogP) is 5.59. The molecule has 33 heavy (non-hydrogen) atoms. The molecule has 8 heteroatoms. The van der Waals surface area contributed by atoms with Crippen molar-refractivity contribution in [1.29, 1.82) is 0 Å². The lowest BCUT2D eigenvalue weighted by molar-refractivity contribution is 0.390. The molecular formula is C25H27FN4O2S. The Balaban J connectivity index is 1.77. The van der Waals surface area contributed by atoms with Gasteiger partial charge in [-0.2, -0.15) is 4.98 Å². The molecule has 1 atom stereocenters. The van der Waals surface area contributed by atoms with Gasteiger partial charge in [-0.1, -0.05) is 31.1 Å². The average Bonchev–Trinajstić information content (AvgIpc) is 3.28. The predicted molar refractivity (Wildman–Crippen MR) is 130 cm³/mol. The lowest BCUT2D eigenvalue weighted by atomic mass is 9.94. The van der Waals surface area contributed by atoms with Gasteiger partial charge in [0.15, 0.2) is 5.11 Å². The van der Waals surface area contributed by atoms with Crippen LogP contribution in [0.25, 0.3) is 17.0 Å². The zero-order valence-electron chi connectivity index (χ0n) is 19.1. The smallest absolute Gasteiger partial charge is 0.258 e. The summed E-state index contributed by atoms with van der Waals surface area (Å²) >= 11 is 5.68. The molecule has 1 N–H and O–H groups in total. The third-order valence-electron chi connectivity index (χ3n) is 5.71. The van der Waals surface area contributed by atoms with Crippen LogP contribution in [0.5, 0.6) is 5.75 Å². The van der Waals surface area contributed by atoms with Crippen molar-refractivity contribution in [3.63, 3.8) is 0 Å². The van der Waals surface area contributed by atoms with E-state index in [1.165, 1.54) is 12.1 Å². The van der Waals surface area contributed by atoms with Gasteiger partial charge in [0.25, 0.3) is 5.89 Å². The Bertz CT molecular complexity index is 1170. The summed E-state index contributed by atoms with van der Waals surface area (Å²) in [4.78, 5) is 6.74. The molecule has 2 aromatic carbocycles. The average molecular weight is 467 g/mol. The van der Waals surface area contributed by atoms with Crippen LogP contribution in [-0.4, -0.2) is 33.8 Å². The van der Waals surface area contributed by atoms with E-state index in [0.29, 0.717) is 22.7 Å². The van der Waals surface area contributed by atoms with Crippen LogP contribution >= 0.6 is 12.2 Å². The number of hydrogen-bond donors (Lipinski definition) is 1. The van der Waals surface area contributed by atoms with E-state index in [2.05, 4.69) is 34.2 Å². The van der Waals surface area contributed by atoms with Crippen molar-refractivity contribution in [3.05, 3.63) is 71.5 Å². The third kappa shape index (κ3) is 4.90. The van der Waals surface area contributed by atoms with E-state index in [1.807, 2.05) is 37.3 Å². The second-order valence-corrected chi connectivity index (χ2v) is 8.81. The Morgan fingerprint density at radius 2 is 1.97 bits per heavy atom. The fourth-order valence-corrected chi connectivity index (χ4v) is 4.19. The molecule has 2 heterocycles. The number of methoxy groups -OCH3 is 1. The molecule has 0 saturated heterocycles. The first-order valence-electron chi connectivity index (χ1n) is 10.9. The van der Waals surface area contributed by atoms with E-state index in [9.17, 15) is 4.39 Å². The SMILES string of the molecule is COc1ccc(-c2noc(C3=C(C)N(CCC(C)C)C(=S)NC3c3cccc(F)c3)n2)cc1. The maximum absolute atomic E-state index is 14.1. The van der Waals surface area contributed by atoms with Gasteiger partial charge in [-0.25, -0.2) is 4.39 Å². The quantitative estimate of drug-likeness (QED) is 0.455. The van der Waals surface area contributed by atoms with Gasteiger partial charge >= 0.3 is 0 Å². The first-order chi connectivity index (χ1) is 15.9. The summed E-state index contributed by atoms with van der Waals surface area (Å²) in [6.45, 7) is 7.10. The van der Waals surface area contributed by atoms with Crippen LogP contribution in [0.15, 0.2) is 58.8 Å². The number of rotatable bonds is 7. The maximum atomic E-state index is 14.1. The molecule has 6 nitrogen and oxygen atoms in total. The summed E-state index contributed by atoms with van der Waals surface area (Å²) < 4.78 is 25.0. The summed E-state index contributed by atoms with van der Waals surface area (Å²) in [5.74, 6) is 1.79. The molecule has 1 unspecified atom stereocenters. The van der Waals surface area contributed by atoms with Gasteiger partial charge in [-0.05, 0) is 73.4 Å². The summed E-state index contributed by atoms with van der Waals surface area (Å²) in [6, 6.07) is 13.5. The molecule has 1 aromatic heterocycles. The van der Waals surface area contributed by atoms with Gasteiger partial charge in [-0.15, -0.1) is 0 Å². The molecule has 0 spiro atoms. The zero-order valence-corrected chi connectivity index (χ0v) is 19.9. The second kappa shape index (κ2) is 9.70. The highest BCUT2D eigenvalue weighted by atomic mass is 32.1. The fraction of sp³-hybridized carbons (Fsp3) is 0.320. The monoisotopic (exact) mass is 466 g/mol. The molecule has 172 valence electrons. The van der Waals surface area contributed by atoms with E-state index >= 15 is 0 Å². The maximum Gasteiger partial charge on any atom is 0.258 e. The van der Waals surface area contributed by atoms with Crippen molar-refractivity contribution >= 4 is 22.9 Å². The van der Waals surface area contributed by atoms with Crippen LogP contribution in [-0.2, 0) is 0 Å². The van der Waals surface area contributed by atoms with Crippen LogP contribution in [0.3, 0.4) is 0 Å². The zero-order chi connectivity index (χ0) is 23.5. The lowest BCUT2D eigenvalue weighted by Crippen LogP contribution is -2.46. The molecule has 0 radical (unpaired) electrons. The van der Waals surface area contributed by atoms with Crippen molar-refractivity contribution in [1.82, 2.24) is 20.4 Å². The van der Waals surface area contributed by atoms with Crippen LogP contribution in [0.2, 0.25) is 0 Å². The molecule has 1 aliphatic rings. The first kappa shape index (κ1) is 22.9. The summed E-state index contributed by atoms with van der Waals surface area (Å²) in [6.07, 6.45) is 0.970. The highest BCUT2D eigenvalue weighted by Crippen LogP contribution is 2.37. The van der Waals surface area contributed by atoms with Crippen LogP contribution in [0, 0.1) is 11.7 Å². The summed E-state index contributed by atoms with van der Waals surface area (Å²) in [5, 5.41) is 8.16. The number of allylic oxidation sites excluding steroid dienone is 1. The molecule has 0 bridgehead atoms. The molecular weight excluding hydrogens is 439 g/mol. The Kier molecular flexibility index (Phi) is 6.74. The molecule has 0 saturated carbocycles. The van der Waals surface area contributed by atoms with Crippen LogP contribution < -0.4 is 10.1 Å². The van der Waals surface area contributed by atoms with Gasteiger partial charge in [-0.3, -0.25) is 0 Å². The number of halogens is 1. The highest BCUT2D eigenvalue weighted by Gasteiger charge is 2.34. The van der Waals surface area contributed by atoms with Gasteiger partial charge in [0.1, 0.15) is 11.6 Å². The minimum Gasteiger partial charge on any atom is -0.497 e. The van der Waals surface area contributed by atoms with Crippen LogP contribution in [0.4, 0.5) is 4.39 Å². The Morgan fingerprint density at radius 3 is 2.64 bits per heavy atom. The van der Waals surface area contributed by atoms with E-state index in [0.717, 1.165) is 41.1 Å². The third-order valence-corrected chi connectivity index (χ3v) is 6.05. The Morgan fingerprint density at radius 1 is 1.21 bits per heavy atom. The van der Waals surface area contributed by atoms with E-state index in [1.54, 1.807) is 13.2 Å². The molecule has 0 fully saturated rings. The van der Waals surface area contributed by atoms with Gasteiger partial charge in [0.05, 0.1) is 18.7 Å². The topological polar surface area (TPSA) is 63.4 Å². The normalized spacial score (nSPS) is 16.4. The lowest BCUT2D eigenvalue weighted by Gasteiger charge is -2.37. The molecule has 0 aliphatic carbocycles. The number of aromatic nitrogens is 2. The molecule has 0 amide bonds. The second-order valence-electron chi connectivity index (χ2n) is 8.42. The minimum absolute atomic E-state index is 0.316. The van der Waals surface area contributed by atoms with Crippen LogP contribution in [0.1, 0.15) is 44.7 Å². The first-order valence-corrected chi connectivity index (χ1v) is 11.3. The van der Waals surface area contributed by atoms with Crippen molar-refractivity contribution < 1.29 is 13.7 Å². The fourth-order valence-electron chi connectivity index (χ4n) is 3.84. The van der Waals surface area contributed by atoms with Crippen molar-refractivity contribution in [3.8, 4) is 17.1 Å². The van der Waals surface area contributed by atoms with Crippen molar-refractivity contribution in [2.45, 2.75) is 33.2 Å². The molecule has 3 aromatic rings. The van der Waals surface area contributed by atoms with Gasteiger partial charge in [0.2, 0.25) is 5.82 Å². The summed E-state index contributed by atoms with van der Waals surface area (Å²) in [7, 11) is 1.62. The number of nitrogens with one attached hydrogen (secondary N) is 1. The number of ether oxygens (including phenoxy) is 1. The molecule has 4 rings (SSSR count). The standard InChI is InChI=1S/C25H27FN4O2S/c1-15(2)12-13-30-16(3)21(22(27-25(30)33)18-6-5-7-19(26)14-18)24-28-23(29-32-24)17-8-10-20(31-4)11-9-17/h5-11,14-15,22H,12-13H2,1-4H3,(H,27,33). The Labute approximate surface area is 198 Å².